The molecule has 24 heavy (non-hydrogen) atoms. The predicted octanol–water partition coefficient (Wildman–Crippen LogP) is 2.97. The molecule has 128 valence electrons. The zero-order chi connectivity index (χ0) is 17.9. The van der Waals surface area contributed by atoms with Crippen molar-refractivity contribution in [3.8, 4) is 11.5 Å². The molecule has 9 heteroatoms. The van der Waals surface area contributed by atoms with Gasteiger partial charge >= 0.3 is 5.97 Å². The van der Waals surface area contributed by atoms with Gasteiger partial charge in [-0.3, -0.25) is 4.72 Å². The molecule has 0 aliphatic rings. The fourth-order valence-corrected chi connectivity index (χ4v) is 3.64. The number of anilines is 1. The summed E-state index contributed by atoms with van der Waals surface area (Å²) in [7, 11) is -1.19. The molecule has 2 aromatic carbocycles. The summed E-state index contributed by atoms with van der Waals surface area (Å²) in [5.74, 6) is -0.626. The lowest BCUT2D eigenvalue weighted by Crippen LogP contribution is -2.14. The third-order valence-electron chi connectivity index (χ3n) is 3.11. The second-order valence-electron chi connectivity index (χ2n) is 4.63. The molecule has 0 aliphatic heterocycles. The van der Waals surface area contributed by atoms with Crippen LogP contribution < -0.4 is 14.2 Å². The van der Waals surface area contributed by atoms with E-state index in [1.54, 1.807) is 0 Å². The van der Waals surface area contributed by atoms with Gasteiger partial charge in [0.25, 0.3) is 10.0 Å². The van der Waals surface area contributed by atoms with E-state index >= 15 is 0 Å². The average Bonchev–Trinajstić information content (AvgIpc) is 2.54. The van der Waals surface area contributed by atoms with Crippen LogP contribution in [0.4, 0.5) is 5.69 Å². The number of ether oxygens (including phenoxy) is 2. The van der Waals surface area contributed by atoms with Gasteiger partial charge in [-0.05, 0) is 46.3 Å². The van der Waals surface area contributed by atoms with Gasteiger partial charge in [0.15, 0.2) is 0 Å². The van der Waals surface area contributed by atoms with Gasteiger partial charge in [0.1, 0.15) is 16.4 Å². The number of sulfonamides is 1. The van der Waals surface area contributed by atoms with Crippen molar-refractivity contribution in [3.63, 3.8) is 0 Å². The summed E-state index contributed by atoms with van der Waals surface area (Å²) in [6.45, 7) is 0. The Hall–Kier alpha value is -2.26. The van der Waals surface area contributed by atoms with Crippen molar-refractivity contribution in [2.45, 2.75) is 4.90 Å². The molecule has 0 atom stereocenters. The number of aromatic carboxylic acids is 1. The number of nitrogens with one attached hydrogen (secondary N) is 1. The molecule has 0 unspecified atom stereocenters. The minimum absolute atomic E-state index is 0.0563. The van der Waals surface area contributed by atoms with Crippen LogP contribution in [-0.4, -0.2) is 33.7 Å². The maximum atomic E-state index is 12.6. The Balaban J connectivity index is 2.41. The molecule has 2 N–H and O–H groups in total. The highest BCUT2D eigenvalue weighted by atomic mass is 79.9. The van der Waals surface area contributed by atoms with Gasteiger partial charge in [0, 0.05) is 11.8 Å². The Morgan fingerprint density at radius 3 is 2.17 bits per heavy atom. The van der Waals surface area contributed by atoms with E-state index in [2.05, 4.69) is 20.7 Å². The predicted molar refractivity (Wildman–Crippen MR) is 91.5 cm³/mol. The van der Waals surface area contributed by atoms with Crippen molar-refractivity contribution in [3.05, 3.63) is 46.4 Å². The van der Waals surface area contributed by atoms with Crippen LogP contribution in [0.25, 0.3) is 0 Å². The molecule has 0 bridgehead atoms. The lowest BCUT2D eigenvalue weighted by atomic mass is 10.2. The SMILES string of the molecule is COc1cc(S(=O)(=O)Nc2ccc(C(=O)O)cc2)c(OC)cc1Br. The quantitative estimate of drug-likeness (QED) is 0.751. The molecule has 0 amide bonds. The number of carbonyl (C=O) groups is 1. The number of carboxylic acids is 1. The summed E-state index contributed by atoms with van der Waals surface area (Å²) < 4.78 is 38.4. The van der Waals surface area contributed by atoms with Crippen molar-refractivity contribution in [1.29, 1.82) is 0 Å². The monoisotopic (exact) mass is 415 g/mol. The maximum absolute atomic E-state index is 12.6. The van der Waals surface area contributed by atoms with Gasteiger partial charge in [-0.25, -0.2) is 13.2 Å². The average molecular weight is 416 g/mol. The second-order valence-corrected chi connectivity index (χ2v) is 7.13. The van der Waals surface area contributed by atoms with Crippen molar-refractivity contribution in [2.75, 3.05) is 18.9 Å². The first-order valence-corrected chi connectivity index (χ1v) is 8.84. The van der Waals surface area contributed by atoms with E-state index in [9.17, 15) is 13.2 Å². The summed E-state index contributed by atoms with van der Waals surface area (Å²) in [4.78, 5) is 10.7. The fourth-order valence-electron chi connectivity index (χ4n) is 1.93. The second kappa shape index (κ2) is 7.10. The van der Waals surface area contributed by atoms with Crippen LogP contribution in [0.15, 0.2) is 45.8 Å². The molecule has 0 spiro atoms. The van der Waals surface area contributed by atoms with Crippen molar-refractivity contribution >= 4 is 37.6 Å². The molecule has 0 fully saturated rings. The zero-order valence-corrected chi connectivity index (χ0v) is 15.1. The smallest absolute Gasteiger partial charge is 0.335 e. The summed E-state index contributed by atoms with van der Waals surface area (Å²) in [5, 5.41) is 8.86. The van der Waals surface area contributed by atoms with Crippen LogP contribution in [-0.2, 0) is 10.0 Å². The first-order valence-electron chi connectivity index (χ1n) is 6.56. The molecule has 0 aliphatic carbocycles. The first-order chi connectivity index (χ1) is 11.3. The Labute approximate surface area is 147 Å². The van der Waals surface area contributed by atoms with Gasteiger partial charge in [-0.1, -0.05) is 0 Å². The molecule has 0 aromatic heterocycles. The van der Waals surface area contributed by atoms with E-state index < -0.39 is 16.0 Å². The Bertz CT molecular complexity index is 864. The van der Waals surface area contributed by atoms with E-state index in [0.717, 1.165) is 0 Å². The Kier molecular flexibility index (Phi) is 5.35. The maximum Gasteiger partial charge on any atom is 0.335 e. The molecule has 2 rings (SSSR count). The van der Waals surface area contributed by atoms with Crippen LogP contribution in [0.1, 0.15) is 10.4 Å². The van der Waals surface area contributed by atoms with Crippen LogP contribution in [0.5, 0.6) is 11.5 Å². The van der Waals surface area contributed by atoms with Gasteiger partial charge < -0.3 is 14.6 Å². The minimum Gasteiger partial charge on any atom is -0.496 e. The molecule has 2 aromatic rings. The topological polar surface area (TPSA) is 102 Å². The molecule has 0 saturated carbocycles. The van der Waals surface area contributed by atoms with Crippen molar-refractivity contribution < 1.29 is 27.8 Å². The third-order valence-corrected chi connectivity index (χ3v) is 5.13. The number of benzene rings is 2. The van der Waals surface area contributed by atoms with Crippen molar-refractivity contribution in [1.82, 2.24) is 0 Å². The van der Waals surface area contributed by atoms with Crippen LogP contribution in [0, 0.1) is 0 Å². The van der Waals surface area contributed by atoms with E-state index in [1.807, 2.05) is 0 Å². The third kappa shape index (κ3) is 3.80. The summed E-state index contributed by atoms with van der Waals surface area (Å²) >= 11 is 3.26. The molecular formula is C15H14BrNO6S. The number of hydrogen-bond donors (Lipinski definition) is 2. The van der Waals surface area contributed by atoms with E-state index in [1.165, 1.54) is 50.6 Å². The Morgan fingerprint density at radius 2 is 1.67 bits per heavy atom. The lowest BCUT2D eigenvalue weighted by Gasteiger charge is -2.14. The summed E-state index contributed by atoms with van der Waals surface area (Å²) in [6, 6.07) is 8.16. The first kappa shape index (κ1) is 18.1. The minimum atomic E-state index is -3.96. The molecular weight excluding hydrogens is 402 g/mol. The number of carboxylic acid groups (broad SMARTS) is 1. The Morgan fingerprint density at radius 1 is 1.08 bits per heavy atom. The molecule has 0 radical (unpaired) electrons. The van der Waals surface area contributed by atoms with Crippen LogP contribution >= 0.6 is 15.9 Å². The summed E-state index contributed by atoms with van der Waals surface area (Å²) in [5.41, 5.74) is 0.282. The van der Waals surface area contributed by atoms with Gasteiger partial charge in [0.2, 0.25) is 0 Å². The van der Waals surface area contributed by atoms with Gasteiger partial charge in [0.05, 0.1) is 24.3 Å². The number of halogens is 1. The van der Waals surface area contributed by atoms with Crippen molar-refractivity contribution in [2.24, 2.45) is 0 Å². The highest BCUT2D eigenvalue weighted by Gasteiger charge is 2.22. The van der Waals surface area contributed by atoms with E-state index in [4.69, 9.17) is 14.6 Å². The highest BCUT2D eigenvalue weighted by Crippen LogP contribution is 2.36. The fraction of sp³-hybridized carbons (Fsp3) is 0.133. The molecule has 7 nitrogen and oxygen atoms in total. The number of methoxy groups -OCH3 is 2. The summed E-state index contributed by atoms with van der Waals surface area (Å²) in [6.07, 6.45) is 0. The van der Waals surface area contributed by atoms with Crippen LogP contribution in [0.3, 0.4) is 0 Å². The van der Waals surface area contributed by atoms with Gasteiger partial charge in [-0.15, -0.1) is 0 Å². The van der Waals surface area contributed by atoms with E-state index in [-0.39, 0.29) is 21.9 Å². The van der Waals surface area contributed by atoms with Gasteiger partial charge in [-0.2, -0.15) is 0 Å². The molecule has 0 saturated heterocycles. The lowest BCUT2D eigenvalue weighted by molar-refractivity contribution is 0.0697. The van der Waals surface area contributed by atoms with Crippen LogP contribution in [0.2, 0.25) is 0 Å². The number of rotatable bonds is 6. The largest absolute Gasteiger partial charge is 0.496 e. The normalized spacial score (nSPS) is 11.0. The molecule has 0 heterocycles. The highest BCUT2D eigenvalue weighted by molar-refractivity contribution is 9.10. The number of hydrogen-bond acceptors (Lipinski definition) is 5. The zero-order valence-electron chi connectivity index (χ0n) is 12.7. The van der Waals surface area contributed by atoms with E-state index in [0.29, 0.717) is 10.2 Å². The standard InChI is InChI=1S/C15H14BrNO6S/c1-22-12-8-14(13(23-2)7-11(12)16)24(20,21)17-10-5-3-9(4-6-10)15(18)19/h3-8,17H,1-2H3,(H,18,19).